The first-order valence-electron chi connectivity index (χ1n) is 8.37. The van der Waals surface area contributed by atoms with Crippen molar-refractivity contribution >= 4 is 17.9 Å². The molecular formula is C20H26P. The van der Waals surface area contributed by atoms with Crippen molar-refractivity contribution < 1.29 is 0 Å². The van der Waals surface area contributed by atoms with Gasteiger partial charge in [-0.05, 0) is 35.3 Å². The highest BCUT2D eigenvalue weighted by atomic mass is 31.2. The maximum Gasteiger partial charge on any atom is -0.0167 e. The third kappa shape index (κ3) is 2.79. The molecule has 2 aromatic rings. The number of rotatable bonds is 4. The van der Waals surface area contributed by atoms with Gasteiger partial charge < -0.3 is 0 Å². The van der Waals surface area contributed by atoms with E-state index in [4.69, 9.17) is 0 Å². The predicted octanol–water partition coefficient (Wildman–Crippen LogP) is 5.01. The van der Waals surface area contributed by atoms with Crippen LogP contribution in [-0.4, -0.2) is 11.8 Å². The molecule has 2 aromatic carbocycles. The summed E-state index contributed by atoms with van der Waals surface area (Å²) < 4.78 is 0. The van der Waals surface area contributed by atoms with Gasteiger partial charge >= 0.3 is 0 Å². The second-order valence-electron chi connectivity index (χ2n) is 6.15. The number of benzene rings is 2. The Morgan fingerprint density at radius 3 is 1.67 bits per heavy atom. The van der Waals surface area contributed by atoms with Gasteiger partial charge in [0.2, 0.25) is 0 Å². The molecule has 1 fully saturated rings. The van der Waals surface area contributed by atoms with Crippen LogP contribution in [0.3, 0.4) is 0 Å². The first-order chi connectivity index (χ1) is 10.4. The van der Waals surface area contributed by atoms with Gasteiger partial charge in [-0.3, -0.25) is 0 Å². The van der Waals surface area contributed by atoms with Crippen LogP contribution < -0.4 is 10.6 Å². The fourth-order valence-electron chi connectivity index (χ4n) is 4.10. The van der Waals surface area contributed by atoms with E-state index in [1.807, 2.05) is 0 Å². The first-order valence-corrected chi connectivity index (χ1v) is 10.4. The van der Waals surface area contributed by atoms with Crippen molar-refractivity contribution in [2.75, 3.05) is 6.16 Å². The van der Waals surface area contributed by atoms with E-state index in [2.05, 4.69) is 67.6 Å². The van der Waals surface area contributed by atoms with Crippen molar-refractivity contribution in [2.45, 2.75) is 44.7 Å². The molecule has 0 N–H and O–H groups in total. The van der Waals surface area contributed by atoms with Crippen molar-refractivity contribution in [2.24, 2.45) is 0 Å². The van der Waals surface area contributed by atoms with E-state index in [1.165, 1.54) is 38.3 Å². The molecule has 0 nitrogen and oxygen atoms in total. The van der Waals surface area contributed by atoms with Crippen LogP contribution in [0.4, 0.5) is 0 Å². The zero-order valence-electron chi connectivity index (χ0n) is 13.0. The van der Waals surface area contributed by atoms with Gasteiger partial charge in [0.25, 0.3) is 0 Å². The van der Waals surface area contributed by atoms with E-state index >= 15 is 0 Å². The van der Waals surface area contributed by atoms with Crippen molar-refractivity contribution in [1.29, 1.82) is 0 Å². The second kappa shape index (κ2) is 6.75. The molecular weight excluding hydrogens is 271 g/mol. The second-order valence-corrected chi connectivity index (χ2v) is 10.3. The molecule has 3 rings (SSSR count). The molecule has 0 aliphatic heterocycles. The van der Waals surface area contributed by atoms with E-state index in [0.29, 0.717) is 0 Å². The van der Waals surface area contributed by atoms with Gasteiger partial charge in [-0.15, -0.1) is 0 Å². The summed E-state index contributed by atoms with van der Waals surface area (Å²) in [4.78, 5) is 0. The summed E-state index contributed by atoms with van der Waals surface area (Å²) in [6, 6.07) is 22.8. The molecule has 0 bridgehead atoms. The molecule has 0 heterocycles. The molecule has 1 radical (unpaired) electrons. The lowest BCUT2D eigenvalue weighted by Gasteiger charge is -2.45. The minimum atomic E-state index is -1.26. The average molecular weight is 297 g/mol. The van der Waals surface area contributed by atoms with E-state index in [9.17, 15) is 0 Å². The summed E-state index contributed by atoms with van der Waals surface area (Å²) in [6.07, 6.45) is 8.42. The third-order valence-electron chi connectivity index (χ3n) is 5.13. The Kier molecular flexibility index (Phi) is 4.76. The molecule has 0 amide bonds. The minimum absolute atomic E-state index is 0.890. The summed E-state index contributed by atoms with van der Waals surface area (Å²) in [5.74, 6) is 0. The average Bonchev–Trinajstić information content (AvgIpc) is 2.59. The molecule has 0 unspecified atom stereocenters. The maximum absolute atomic E-state index is 2.42. The smallest absolute Gasteiger partial charge is 0.0167 e. The molecule has 1 aliphatic carbocycles. The van der Waals surface area contributed by atoms with Gasteiger partial charge in [-0.25, -0.2) is 0 Å². The number of hydrogen-bond donors (Lipinski definition) is 0. The van der Waals surface area contributed by atoms with Crippen LogP contribution in [0.5, 0.6) is 0 Å². The van der Waals surface area contributed by atoms with Gasteiger partial charge in [0, 0.05) is 0 Å². The fraction of sp³-hybridized carbons (Fsp3) is 0.400. The SMILES string of the molecule is CC[P](c1ccccc1)(c1ccccc1)C1CCCCC1. The van der Waals surface area contributed by atoms with Crippen LogP contribution in [-0.2, 0) is 0 Å². The molecule has 0 aromatic heterocycles. The summed E-state index contributed by atoms with van der Waals surface area (Å²) >= 11 is 0. The summed E-state index contributed by atoms with van der Waals surface area (Å²) in [5, 5.41) is 3.23. The normalized spacial score (nSPS) is 16.8. The lowest BCUT2D eigenvalue weighted by molar-refractivity contribution is 0.510. The van der Waals surface area contributed by atoms with Crippen LogP contribution in [0, 0.1) is 0 Å². The maximum atomic E-state index is 2.42. The Labute approximate surface area is 129 Å². The van der Waals surface area contributed by atoms with Gasteiger partial charge in [0.15, 0.2) is 0 Å². The number of hydrogen-bond acceptors (Lipinski definition) is 0. The van der Waals surface area contributed by atoms with E-state index in [0.717, 1.165) is 5.66 Å². The molecule has 0 saturated heterocycles. The minimum Gasteiger partial charge on any atom is -0.0673 e. The Hall–Kier alpha value is -1.13. The zero-order valence-corrected chi connectivity index (χ0v) is 13.9. The van der Waals surface area contributed by atoms with Gasteiger partial charge in [0.1, 0.15) is 0 Å². The summed E-state index contributed by atoms with van der Waals surface area (Å²) in [6.45, 7) is 2.42. The highest BCUT2D eigenvalue weighted by Gasteiger charge is 2.38. The Balaban J connectivity index is 2.12. The lowest BCUT2D eigenvalue weighted by Crippen LogP contribution is -2.34. The van der Waals surface area contributed by atoms with Crippen LogP contribution >= 0.6 is 7.26 Å². The highest BCUT2D eigenvalue weighted by molar-refractivity contribution is 7.90. The van der Waals surface area contributed by atoms with E-state index in [1.54, 1.807) is 10.6 Å². The van der Waals surface area contributed by atoms with Crippen LogP contribution in [0.25, 0.3) is 0 Å². The fourth-order valence-corrected chi connectivity index (χ4v) is 9.15. The van der Waals surface area contributed by atoms with Crippen molar-refractivity contribution in [3.63, 3.8) is 0 Å². The molecule has 0 spiro atoms. The Morgan fingerprint density at radius 1 is 0.762 bits per heavy atom. The topological polar surface area (TPSA) is 0 Å². The summed E-state index contributed by atoms with van der Waals surface area (Å²) in [5.41, 5.74) is 0.890. The Bertz CT molecular complexity index is 501. The van der Waals surface area contributed by atoms with E-state index < -0.39 is 7.26 Å². The molecule has 21 heavy (non-hydrogen) atoms. The van der Waals surface area contributed by atoms with Crippen LogP contribution in [0.2, 0.25) is 0 Å². The monoisotopic (exact) mass is 297 g/mol. The predicted molar refractivity (Wildman–Crippen MR) is 96.5 cm³/mol. The quantitative estimate of drug-likeness (QED) is 0.696. The van der Waals surface area contributed by atoms with Gasteiger partial charge in [0.05, 0.1) is 0 Å². The molecule has 1 aliphatic rings. The molecule has 111 valence electrons. The van der Waals surface area contributed by atoms with Crippen molar-refractivity contribution in [3.05, 3.63) is 60.7 Å². The third-order valence-corrected chi connectivity index (χ3v) is 10.3. The lowest BCUT2D eigenvalue weighted by atomic mass is 10.0. The molecule has 0 atom stereocenters. The zero-order chi connectivity index (χ0) is 14.5. The molecule has 1 heteroatoms. The van der Waals surface area contributed by atoms with Gasteiger partial charge in [-0.2, -0.15) is 0 Å². The first kappa shape index (κ1) is 14.8. The standard InChI is InChI=1S/C20H26P/c1-2-21(18-12-6-3-7-13-18,19-14-8-4-9-15-19)20-16-10-5-11-17-20/h3-4,6-9,12-15,20H,2,5,10-11,16-17H2,1H3. The summed E-state index contributed by atoms with van der Waals surface area (Å²) in [7, 11) is -1.26. The van der Waals surface area contributed by atoms with Crippen LogP contribution in [0.15, 0.2) is 60.7 Å². The Morgan fingerprint density at radius 2 is 1.24 bits per heavy atom. The van der Waals surface area contributed by atoms with Crippen molar-refractivity contribution in [1.82, 2.24) is 0 Å². The van der Waals surface area contributed by atoms with Crippen LogP contribution in [0.1, 0.15) is 39.0 Å². The molecule has 1 saturated carbocycles. The van der Waals surface area contributed by atoms with Crippen molar-refractivity contribution in [3.8, 4) is 0 Å². The van der Waals surface area contributed by atoms with Gasteiger partial charge in [-0.1, -0.05) is 94.1 Å². The van der Waals surface area contributed by atoms with E-state index in [-0.39, 0.29) is 0 Å². The largest absolute Gasteiger partial charge is 0.0673 e. The highest BCUT2D eigenvalue weighted by Crippen LogP contribution is 2.63.